The molecule has 0 aromatic heterocycles. The first-order valence-corrected chi connectivity index (χ1v) is 7.29. The molecule has 2 N–H and O–H groups in total. The number of carboxylic acids is 1. The molecule has 0 aliphatic heterocycles. The molecule has 0 aromatic rings. The van der Waals surface area contributed by atoms with Crippen molar-refractivity contribution in [2.24, 2.45) is 5.92 Å². The van der Waals surface area contributed by atoms with Gasteiger partial charge in [0.1, 0.15) is 6.04 Å². The van der Waals surface area contributed by atoms with Crippen LogP contribution in [0.1, 0.15) is 51.9 Å². The smallest absolute Gasteiger partial charge is 0.326 e. The first-order chi connectivity index (χ1) is 9.06. The Kier molecular flexibility index (Phi) is 6.67. The molecule has 0 heterocycles. The molecule has 110 valence electrons. The first-order valence-electron chi connectivity index (χ1n) is 7.29. The summed E-state index contributed by atoms with van der Waals surface area (Å²) in [5, 5.41) is 11.8. The number of urea groups is 1. The zero-order chi connectivity index (χ0) is 14.3. The number of likely N-dealkylation sites (N-methyl/N-ethyl adjacent to an activating group) is 1. The summed E-state index contributed by atoms with van der Waals surface area (Å²) in [6.45, 7) is 2.40. The highest BCUT2D eigenvalue weighted by Crippen LogP contribution is 2.28. The van der Waals surface area contributed by atoms with Crippen LogP contribution in [0.4, 0.5) is 4.79 Å². The summed E-state index contributed by atoms with van der Waals surface area (Å²) in [4.78, 5) is 24.0. The molecule has 1 atom stereocenters. The zero-order valence-corrected chi connectivity index (χ0v) is 12.0. The van der Waals surface area contributed by atoms with E-state index in [9.17, 15) is 9.59 Å². The summed E-state index contributed by atoms with van der Waals surface area (Å²) in [6, 6.07) is -1.03. The topological polar surface area (TPSA) is 69.6 Å². The SMILES string of the molecule is CCC(C(=O)O)N(C)C(=O)NCCCC1CCCC1. The second-order valence-electron chi connectivity index (χ2n) is 5.40. The zero-order valence-electron chi connectivity index (χ0n) is 12.0. The van der Waals surface area contributed by atoms with Crippen LogP contribution >= 0.6 is 0 Å². The van der Waals surface area contributed by atoms with Gasteiger partial charge in [-0.15, -0.1) is 0 Å². The van der Waals surface area contributed by atoms with Crippen LogP contribution in [-0.4, -0.2) is 41.6 Å². The van der Waals surface area contributed by atoms with Gasteiger partial charge in [0.05, 0.1) is 0 Å². The van der Waals surface area contributed by atoms with Crippen LogP contribution in [-0.2, 0) is 4.79 Å². The highest BCUT2D eigenvalue weighted by Gasteiger charge is 2.24. The summed E-state index contributed by atoms with van der Waals surface area (Å²) < 4.78 is 0. The molecule has 1 aliphatic carbocycles. The van der Waals surface area contributed by atoms with Crippen LogP contribution < -0.4 is 5.32 Å². The summed E-state index contributed by atoms with van der Waals surface area (Å²) in [5.74, 6) is -0.122. The normalized spacial score (nSPS) is 17.2. The van der Waals surface area contributed by atoms with E-state index < -0.39 is 12.0 Å². The molecule has 1 rings (SSSR count). The van der Waals surface area contributed by atoms with Gasteiger partial charge in [0.15, 0.2) is 0 Å². The van der Waals surface area contributed by atoms with Crippen molar-refractivity contribution < 1.29 is 14.7 Å². The minimum Gasteiger partial charge on any atom is -0.480 e. The number of hydrogen-bond donors (Lipinski definition) is 2. The fraction of sp³-hybridized carbons (Fsp3) is 0.857. The van der Waals surface area contributed by atoms with Crippen LogP contribution in [0.2, 0.25) is 0 Å². The van der Waals surface area contributed by atoms with E-state index >= 15 is 0 Å². The molecule has 1 fully saturated rings. The number of carbonyl (C=O) groups excluding carboxylic acids is 1. The van der Waals surface area contributed by atoms with E-state index in [-0.39, 0.29) is 6.03 Å². The number of rotatable bonds is 7. The lowest BCUT2D eigenvalue weighted by Crippen LogP contribution is -2.47. The number of nitrogens with zero attached hydrogens (tertiary/aromatic N) is 1. The van der Waals surface area contributed by atoms with Crippen molar-refractivity contribution in [2.75, 3.05) is 13.6 Å². The van der Waals surface area contributed by atoms with Gasteiger partial charge < -0.3 is 15.3 Å². The largest absolute Gasteiger partial charge is 0.480 e. The fourth-order valence-corrected chi connectivity index (χ4v) is 2.77. The van der Waals surface area contributed by atoms with E-state index in [4.69, 9.17) is 5.11 Å². The molecular formula is C14H26N2O3. The Morgan fingerprint density at radius 3 is 2.53 bits per heavy atom. The van der Waals surface area contributed by atoms with Gasteiger partial charge in [-0.25, -0.2) is 9.59 Å². The van der Waals surface area contributed by atoms with Gasteiger partial charge in [-0.1, -0.05) is 32.6 Å². The Bertz CT molecular complexity index is 301. The van der Waals surface area contributed by atoms with Gasteiger partial charge in [0.2, 0.25) is 0 Å². The van der Waals surface area contributed by atoms with E-state index in [1.807, 2.05) is 0 Å². The average molecular weight is 270 g/mol. The third-order valence-corrected chi connectivity index (χ3v) is 4.00. The maximum absolute atomic E-state index is 11.8. The molecule has 0 radical (unpaired) electrons. The molecule has 1 unspecified atom stereocenters. The van der Waals surface area contributed by atoms with Gasteiger partial charge in [-0.2, -0.15) is 0 Å². The molecule has 0 aromatic carbocycles. The molecule has 0 bridgehead atoms. The maximum atomic E-state index is 11.8. The molecule has 0 spiro atoms. The lowest BCUT2D eigenvalue weighted by atomic mass is 10.0. The predicted molar refractivity (Wildman–Crippen MR) is 74.1 cm³/mol. The van der Waals surface area contributed by atoms with Gasteiger partial charge in [-0.05, 0) is 25.2 Å². The lowest BCUT2D eigenvalue weighted by Gasteiger charge is -2.24. The maximum Gasteiger partial charge on any atom is 0.326 e. The highest BCUT2D eigenvalue weighted by molar-refractivity contribution is 5.82. The number of carbonyl (C=O) groups is 2. The highest BCUT2D eigenvalue weighted by atomic mass is 16.4. The molecule has 5 nitrogen and oxygen atoms in total. The van der Waals surface area contributed by atoms with Crippen molar-refractivity contribution in [1.82, 2.24) is 10.2 Å². The van der Waals surface area contributed by atoms with E-state index in [1.54, 1.807) is 6.92 Å². The van der Waals surface area contributed by atoms with Gasteiger partial charge in [-0.3, -0.25) is 0 Å². The molecular weight excluding hydrogens is 244 g/mol. The Hall–Kier alpha value is -1.26. The second-order valence-corrected chi connectivity index (χ2v) is 5.40. The predicted octanol–water partition coefficient (Wildman–Crippen LogP) is 2.46. The lowest BCUT2D eigenvalue weighted by molar-refractivity contribution is -0.141. The van der Waals surface area contributed by atoms with Crippen molar-refractivity contribution in [3.8, 4) is 0 Å². The Morgan fingerprint density at radius 1 is 1.37 bits per heavy atom. The average Bonchev–Trinajstić information content (AvgIpc) is 2.87. The molecule has 1 saturated carbocycles. The minimum absolute atomic E-state index is 0.291. The monoisotopic (exact) mass is 270 g/mol. The molecule has 5 heteroatoms. The summed E-state index contributed by atoms with van der Waals surface area (Å²) >= 11 is 0. The summed E-state index contributed by atoms with van der Waals surface area (Å²) in [6.07, 6.45) is 7.90. The van der Waals surface area contributed by atoms with Gasteiger partial charge in [0, 0.05) is 13.6 Å². The molecule has 19 heavy (non-hydrogen) atoms. The van der Waals surface area contributed by atoms with Crippen LogP contribution in [0, 0.1) is 5.92 Å². The number of amides is 2. The van der Waals surface area contributed by atoms with E-state index in [0.29, 0.717) is 13.0 Å². The number of carboxylic acid groups (broad SMARTS) is 1. The summed E-state index contributed by atoms with van der Waals surface area (Å²) in [7, 11) is 1.54. The van der Waals surface area contributed by atoms with Crippen molar-refractivity contribution in [3.05, 3.63) is 0 Å². The van der Waals surface area contributed by atoms with Crippen molar-refractivity contribution in [2.45, 2.75) is 57.9 Å². The summed E-state index contributed by atoms with van der Waals surface area (Å²) in [5.41, 5.74) is 0. The van der Waals surface area contributed by atoms with Crippen molar-refractivity contribution in [1.29, 1.82) is 0 Å². The first kappa shape index (κ1) is 15.8. The standard InChI is InChI=1S/C14H26N2O3/c1-3-12(13(17)18)16(2)14(19)15-10-6-9-11-7-4-5-8-11/h11-12H,3-10H2,1-2H3,(H,15,19)(H,17,18). The van der Waals surface area contributed by atoms with Gasteiger partial charge >= 0.3 is 12.0 Å². The molecule has 0 saturated heterocycles. The quantitative estimate of drug-likeness (QED) is 0.698. The molecule has 1 aliphatic rings. The van der Waals surface area contributed by atoms with E-state index in [0.717, 1.165) is 12.3 Å². The number of hydrogen-bond acceptors (Lipinski definition) is 2. The number of nitrogens with one attached hydrogen (secondary N) is 1. The third-order valence-electron chi connectivity index (χ3n) is 4.00. The van der Waals surface area contributed by atoms with Crippen LogP contribution in [0.5, 0.6) is 0 Å². The number of aliphatic carboxylic acids is 1. The second kappa shape index (κ2) is 8.02. The van der Waals surface area contributed by atoms with Gasteiger partial charge in [0.25, 0.3) is 0 Å². The minimum atomic E-state index is -0.953. The van der Waals surface area contributed by atoms with E-state index in [1.165, 1.54) is 44.1 Å². The fourth-order valence-electron chi connectivity index (χ4n) is 2.77. The Balaban J connectivity index is 2.20. The Morgan fingerprint density at radius 2 is 2.00 bits per heavy atom. The van der Waals surface area contributed by atoms with Crippen LogP contribution in [0.3, 0.4) is 0 Å². The van der Waals surface area contributed by atoms with E-state index in [2.05, 4.69) is 5.32 Å². The third kappa shape index (κ3) is 5.09. The van der Waals surface area contributed by atoms with Crippen molar-refractivity contribution in [3.63, 3.8) is 0 Å². The van der Waals surface area contributed by atoms with Crippen molar-refractivity contribution >= 4 is 12.0 Å². The Labute approximate surface area is 115 Å². The van der Waals surface area contributed by atoms with Crippen LogP contribution in [0.15, 0.2) is 0 Å². The molecule has 2 amide bonds. The van der Waals surface area contributed by atoms with Crippen LogP contribution in [0.25, 0.3) is 0 Å².